The van der Waals surface area contributed by atoms with E-state index >= 15 is 0 Å². The van der Waals surface area contributed by atoms with E-state index in [-0.39, 0.29) is 0 Å². The van der Waals surface area contributed by atoms with Crippen molar-refractivity contribution >= 4 is 0 Å². The Morgan fingerprint density at radius 2 is 2.75 bits per heavy atom. The first-order valence-electron chi connectivity index (χ1n) is 2.18. The molecule has 2 N–H and O–H groups in total. The Hall–Kier alpha value is -0.870. The molecular weight excluding hydrogens is 108 g/mol. The molecule has 0 aliphatic heterocycles. The summed E-state index contributed by atoms with van der Waals surface area (Å²) in [5, 5.41) is 8.10. The number of hydrogen-bond acceptors (Lipinski definition) is 4. The van der Waals surface area contributed by atoms with Gasteiger partial charge in [0.1, 0.15) is 5.76 Å². The van der Waals surface area contributed by atoms with Gasteiger partial charge in [-0.3, -0.25) is 0 Å². The molecule has 1 heterocycles. The Kier molecular flexibility index (Phi) is 1.61. The molecule has 8 heavy (non-hydrogen) atoms. The minimum atomic E-state index is 0.306. The van der Waals surface area contributed by atoms with Crippen molar-refractivity contribution in [3.05, 3.63) is 18.4 Å². The smallest absolute Gasteiger partial charge is 0.180 e. The largest absolute Gasteiger partial charge is 0.447 e. The highest BCUT2D eigenvalue weighted by atomic mass is 16.5. The zero-order chi connectivity index (χ0) is 5.82. The average Bonchev–Trinajstić information content (AvgIpc) is 2.19. The average molecular weight is 114 g/mol. The Morgan fingerprint density at radius 3 is 3.25 bits per heavy atom. The Balaban J connectivity index is 2.50. The normalized spacial score (nSPS) is 9.62. The molecule has 0 saturated carbocycles. The van der Waals surface area contributed by atoms with Crippen LogP contribution in [0.4, 0.5) is 0 Å². The SMILES string of the molecule is ONCc1cnco1. The Bertz CT molecular complexity index is 138. The van der Waals surface area contributed by atoms with Crippen molar-refractivity contribution in [3.8, 4) is 0 Å². The highest BCUT2D eigenvalue weighted by Gasteiger charge is 1.90. The van der Waals surface area contributed by atoms with Crippen LogP contribution in [0.1, 0.15) is 5.76 Å². The summed E-state index contributed by atoms with van der Waals surface area (Å²) >= 11 is 0. The summed E-state index contributed by atoms with van der Waals surface area (Å²) in [4.78, 5) is 3.62. The molecule has 0 amide bonds. The van der Waals surface area contributed by atoms with E-state index < -0.39 is 0 Å². The van der Waals surface area contributed by atoms with E-state index in [1.165, 1.54) is 12.6 Å². The van der Waals surface area contributed by atoms with Gasteiger partial charge in [-0.05, 0) is 0 Å². The van der Waals surface area contributed by atoms with E-state index in [9.17, 15) is 0 Å². The fourth-order valence-electron chi connectivity index (χ4n) is 0.407. The van der Waals surface area contributed by atoms with Crippen molar-refractivity contribution in [1.29, 1.82) is 0 Å². The van der Waals surface area contributed by atoms with Gasteiger partial charge in [-0.25, -0.2) is 4.98 Å². The Morgan fingerprint density at radius 1 is 1.88 bits per heavy atom. The fraction of sp³-hybridized carbons (Fsp3) is 0.250. The van der Waals surface area contributed by atoms with Gasteiger partial charge >= 0.3 is 0 Å². The molecule has 1 aromatic rings. The topological polar surface area (TPSA) is 58.3 Å². The summed E-state index contributed by atoms with van der Waals surface area (Å²) in [6.45, 7) is 0.306. The van der Waals surface area contributed by atoms with Gasteiger partial charge in [-0.1, -0.05) is 0 Å². The van der Waals surface area contributed by atoms with Crippen molar-refractivity contribution in [1.82, 2.24) is 10.5 Å². The van der Waals surface area contributed by atoms with Crippen LogP contribution in [0, 0.1) is 0 Å². The molecule has 0 atom stereocenters. The molecule has 0 aliphatic carbocycles. The minimum absolute atomic E-state index is 0.306. The van der Waals surface area contributed by atoms with Crippen LogP contribution in [0.15, 0.2) is 17.0 Å². The molecule has 0 unspecified atom stereocenters. The number of aromatic nitrogens is 1. The van der Waals surface area contributed by atoms with Crippen molar-refractivity contribution in [2.45, 2.75) is 6.54 Å². The third kappa shape index (κ3) is 1.05. The second kappa shape index (κ2) is 2.44. The van der Waals surface area contributed by atoms with Gasteiger partial charge in [0.05, 0.1) is 12.7 Å². The van der Waals surface area contributed by atoms with Gasteiger partial charge in [0.2, 0.25) is 0 Å². The van der Waals surface area contributed by atoms with Crippen LogP contribution in [-0.4, -0.2) is 10.2 Å². The van der Waals surface area contributed by atoms with Crippen LogP contribution in [-0.2, 0) is 6.54 Å². The van der Waals surface area contributed by atoms with Crippen LogP contribution in [0.2, 0.25) is 0 Å². The minimum Gasteiger partial charge on any atom is -0.447 e. The summed E-state index contributed by atoms with van der Waals surface area (Å²) in [5.41, 5.74) is 1.94. The van der Waals surface area contributed by atoms with Crippen molar-refractivity contribution in [2.24, 2.45) is 0 Å². The number of nitrogens with one attached hydrogen (secondary N) is 1. The maximum atomic E-state index is 8.10. The van der Waals surface area contributed by atoms with Crippen LogP contribution in [0.3, 0.4) is 0 Å². The van der Waals surface area contributed by atoms with E-state index in [4.69, 9.17) is 9.62 Å². The first-order chi connectivity index (χ1) is 3.93. The molecule has 0 fully saturated rings. The van der Waals surface area contributed by atoms with Gasteiger partial charge in [0.25, 0.3) is 0 Å². The lowest BCUT2D eigenvalue weighted by molar-refractivity contribution is 0.153. The van der Waals surface area contributed by atoms with Crippen LogP contribution in [0.25, 0.3) is 0 Å². The maximum Gasteiger partial charge on any atom is 0.180 e. The highest BCUT2D eigenvalue weighted by molar-refractivity contribution is 4.85. The van der Waals surface area contributed by atoms with Crippen LogP contribution in [0.5, 0.6) is 0 Å². The highest BCUT2D eigenvalue weighted by Crippen LogP contribution is 1.92. The van der Waals surface area contributed by atoms with E-state index in [0.29, 0.717) is 12.3 Å². The summed E-state index contributed by atoms with van der Waals surface area (Å²) in [5.74, 6) is 0.618. The van der Waals surface area contributed by atoms with Crippen LogP contribution >= 0.6 is 0 Å². The zero-order valence-corrected chi connectivity index (χ0v) is 4.16. The number of rotatable bonds is 2. The van der Waals surface area contributed by atoms with E-state index in [2.05, 4.69) is 4.98 Å². The maximum absolute atomic E-state index is 8.10. The number of nitrogens with zero attached hydrogens (tertiary/aromatic N) is 1. The van der Waals surface area contributed by atoms with E-state index in [0.717, 1.165) is 0 Å². The third-order valence-electron chi connectivity index (χ3n) is 0.737. The molecule has 44 valence electrons. The predicted octanol–water partition coefficient (Wildman–Crippen LogP) is 0.153. The molecule has 0 aliphatic rings. The second-order valence-electron chi connectivity index (χ2n) is 1.30. The number of hydroxylamine groups is 1. The van der Waals surface area contributed by atoms with Crippen LogP contribution < -0.4 is 5.48 Å². The summed E-state index contributed by atoms with van der Waals surface area (Å²) < 4.78 is 4.74. The molecule has 0 spiro atoms. The fourth-order valence-corrected chi connectivity index (χ4v) is 0.407. The second-order valence-corrected chi connectivity index (χ2v) is 1.30. The van der Waals surface area contributed by atoms with Gasteiger partial charge in [-0.2, -0.15) is 5.48 Å². The summed E-state index contributed by atoms with van der Waals surface area (Å²) in [7, 11) is 0. The van der Waals surface area contributed by atoms with Crippen molar-refractivity contribution < 1.29 is 9.62 Å². The zero-order valence-electron chi connectivity index (χ0n) is 4.16. The molecule has 0 saturated heterocycles. The molecule has 0 bridgehead atoms. The molecule has 1 rings (SSSR count). The predicted molar refractivity (Wildman–Crippen MR) is 25.1 cm³/mol. The lowest BCUT2D eigenvalue weighted by Gasteiger charge is -1.86. The molecule has 1 aromatic heterocycles. The molecular formula is C4H6N2O2. The van der Waals surface area contributed by atoms with Gasteiger partial charge in [0, 0.05) is 0 Å². The van der Waals surface area contributed by atoms with Gasteiger partial charge < -0.3 is 9.62 Å². The first-order valence-corrected chi connectivity index (χ1v) is 2.18. The molecule has 4 heteroatoms. The Labute approximate surface area is 46.1 Å². The summed E-state index contributed by atoms with van der Waals surface area (Å²) in [6.07, 6.45) is 2.84. The first kappa shape index (κ1) is 5.27. The van der Waals surface area contributed by atoms with Gasteiger partial charge in [0.15, 0.2) is 6.39 Å². The lowest BCUT2D eigenvalue weighted by Crippen LogP contribution is -2.04. The lowest BCUT2D eigenvalue weighted by atomic mass is 10.5. The summed E-state index contributed by atoms with van der Waals surface area (Å²) in [6, 6.07) is 0. The number of hydrogen-bond donors (Lipinski definition) is 2. The standard InChI is InChI=1S/C4H6N2O2/c7-6-2-4-1-5-3-8-4/h1,3,6-7H,2H2. The molecule has 0 radical (unpaired) electrons. The van der Waals surface area contributed by atoms with Crippen molar-refractivity contribution in [3.63, 3.8) is 0 Å². The van der Waals surface area contributed by atoms with E-state index in [1.54, 1.807) is 0 Å². The third-order valence-corrected chi connectivity index (χ3v) is 0.737. The van der Waals surface area contributed by atoms with Gasteiger partial charge in [-0.15, -0.1) is 0 Å². The van der Waals surface area contributed by atoms with E-state index in [1.807, 2.05) is 5.48 Å². The molecule has 0 aromatic carbocycles. The quantitative estimate of drug-likeness (QED) is 0.537. The van der Waals surface area contributed by atoms with Crippen molar-refractivity contribution in [2.75, 3.05) is 0 Å². The monoisotopic (exact) mass is 114 g/mol. The number of oxazole rings is 1. The molecule has 4 nitrogen and oxygen atoms in total.